The first kappa shape index (κ1) is 15.7. The van der Waals surface area contributed by atoms with E-state index in [1.807, 2.05) is 36.4 Å². The molecule has 0 radical (unpaired) electrons. The van der Waals surface area contributed by atoms with Gasteiger partial charge in [-0.3, -0.25) is 9.69 Å². The summed E-state index contributed by atoms with van der Waals surface area (Å²) in [7, 11) is 1.68. The highest BCUT2D eigenvalue weighted by Gasteiger charge is 2.40. The molecule has 0 spiro atoms. The van der Waals surface area contributed by atoms with Crippen LogP contribution in [-0.2, 0) is 13.8 Å². The third-order valence-corrected chi connectivity index (χ3v) is 6.34. The Kier molecular flexibility index (Phi) is 3.65. The lowest BCUT2D eigenvalue weighted by molar-refractivity contribution is -0.117. The standard InChI is InChI=1S/C16H16ClN3O3S/c17-24(22,23)13-8-16(21)19(10-13)15-9-14(11-6-7-11)18-20(15)12-4-2-1-3-5-12/h1-5,9,11,13H,6-8,10H2. The van der Waals surface area contributed by atoms with Crippen LogP contribution in [0.15, 0.2) is 36.4 Å². The molecule has 0 N–H and O–H groups in total. The molecule has 2 aliphatic rings. The van der Waals surface area contributed by atoms with Crippen LogP contribution in [0.1, 0.15) is 30.9 Å². The Balaban J connectivity index is 1.76. The second-order valence-electron chi connectivity index (χ2n) is 6.26. The fourth-order valence-electron chi connectivity index (χ4n) is 3.00. The number of carbonyl (C=O) groups is 1. The Morgan fingerprint density at radius 2 is 1.88 bits per heavy atom. The molecule has 0 bridgehead atoms. The minimum Gasteiger partial charge on any atom is -0.295 e. The van der Waals surface area contributed by atoms with E-state index in [0.717, 1.165) is 24.2 Å². The lowest BCUT2D eigenvalue weighted by Gasteiger charge is -2.17. The number of halogens is 1. The Morgan fingerprint density at radius 1 is 1.17 bits per heavy atom. The van der Waals surface area contributed by atoms with Gasteiger partial charge in [-0.25, -0.2) is 13.1 Å². The minimum absolute atomic E-state index is 0.0628. The fourth-order valence-corrected chi connectivity index (χ4v) is 4.03. The third-order valence-electron chi connectivity index (χ3n) is 4.47. The third kappa shape index (κ3) is 2.82. The van der Waals surface area contributed by atoms with E-state index < -0.39 is 14.3 Å². The SMILES string of the molecule is O=C1CC(S(=O)(=O)Cl)CN1c1cc(C2CC2)nn1-c1ccccc1. The molecule has 4 rings (SSSR count). The van der Waals surface area contributed by atoms with Gasteiger partial charge in [0.15, 0.2) is 0 Å². The maximum Gasteiger partial charge on any atom is 0.237 e. The number of nitrogens with zero attached hydrogens (tertiary/aromatic N) is 3. The number of amides is 1. The van der Waals surface area contributed by atoms with E-state index in [2.05, 4.69) is 5.10 Å². The molecule has 1 saturated heterocycles. The Labute approximate surface area is 144 Å². The van der Waals surface area contributed by atoms with E-state index in [-0.39, 0.29) is 18.9 Å². The normalized spacial score (nSPS) is 21.5. The Bertz CT molecular complexity index is 891. The molecule has 6 nitrogen and oxygen atoms in total. The van der Waals surface area contributed by atoms with Crippen LogP contribution in [-0.4, -0.2) is 35.9 Å². The predicted octanol–water partition coefficient (Wildman–Crippen LogP) is 2.42. The van der Waals surface area contributed by atoms with Crippen molar-refractivity contribution >= 4 is 31.5 Å². The lowest BCUT2D eigenvalue weighted by atomic mass is 10.3. The number of aromatic nitrogens is 2. The molecule has 24 heavy (non-hydrogen) atoms. The van der Waals surface area contributed by atoms with Crippen LogP contribution in [0.5, 0.6) is 0 Å². The highest BCUT2D eigenvalue weighted by molar-refractivity contribution is 8.14. The summed E-state index contributed by atoms with van der Waals surface area (Å²) in [5.74, 6) is 0.790. The van der Waals surface area contributed by atoms with Crippen LogP contribution in [0.3, 0.4) is 0 Å². The minimum atomic E-state index is -3.77. The van der Waals surface area contributed by atoms with E-state index in [9.17, 15) is 13.2 Å². The monoisotopic (exact) mass is 365 g/mol. The van der Waals surface area contributed by atoms with Gasteiger partial charge < -0.3 is 0 Å². The van der Waals surface area contributed by atoms with Gasteiger partial charge in [-0.05, 0) is 25.0 Å². The first-order valence-electron chi connectivity index (χ1n) is 7.82. The summed E-state index contributed by atoms with van der Waals surface area (Å²) in [5, 5.41) is 3.77. The average molecular weight is 366 g/mol. The zero-order valence-corrected chi connectivity index (χ0v) is 14.4. The topological polar surface area (TPSA) is 72.3 Å². The number of carbonyl (C=O) groups excluding carboxylic acids is 1. The molecular formula is C16H16ClN3O3S. The Hall–Kier alpha value is -1.86. The van der Waals surface area contributed by atoms with E-state index in [1.54, 1.807) is 4.68 Å². The fraction of sp³-hybridized carbons (Fsp3) is 0.375. The molecule has 2 aromatic rings. The van der Waals surface area contributed by atoms with Gasteiger partial charge >= 0.3 is 0 Å². The summed E-state index contributed by atoms with van der Waals surface area (Å²) in [6.45, 7) is 0.0628. The summed E-state index contributed by atoms with van der Waals surface area (Å²) in [4.78, 5) is 13.9. The van der Waals surface area contributed by atoms with E-state index in [4.69, 9.17) is 10.7 Å². The molecule has 126 valence electrons. The van der Waals surface area contributed by atoms with E-state index in [0.29, 0.717) is 11.7 Å². The van der Waals surface area contributed by atoms with Crippen molar-refractivity contribution in [1.29, 1.82) is 0 Å². The molecule has 1 unspecified atom stereocenters. The van der Waals surface area contributed by atoms with Crippen LogP contribution < -0.4 is 4.90 Å². The number of benzene rings is 1. The highest BCUT2D eigenvalue weighted by Crippen LogP contribution is 2.41. The van der Waals surface area contributed by atoms with Gasteiger partial charge in [0.1, 0.15) is 11.1 Å². The molecule has 2 fully saturated rings. The van der Waals surface area contributed by atoms with Gasteiger partial charge in [-0.15, -0.1) is 0 Å². The largest absolute Gasteiger partial charge is 0.295 e. The van der Waals surface area contributed by atoms with Crippen molar-refractivity contribution in [2.45, 2.75) is 30.4 Å². The van der Waals surface area contributed by atoms with Gasteiger partial charge in [0.05, 0.1) is 11.4 Å². The van der Waals surface area contributed by atoms with Gasteiger partial charge in [0.2, 0.25) is 15.0 Å². The molecular weight excluding hydrogens is 350 g/mol. The van der Waals surface area contributed by atoms with Crippen LogP contribution in [0, 0.1) is 0 Å². The highest BCUT2D eigenvalue weighted by atomic mass is 35.7. The quantitative estimate of drug-likeness (QED) is 0.780. The molecule has 1 aromatic carbocycles. The second-order valence-corrected chi connectivity index (χ2v) is 9.16. The summed E-state index contributed by atoms with van der Waals surface area (Å²) < 4.78 is 24.9. The van der Waals surface area contributed by atoms with Gasteiger partial charge in [-0.2, -0.15) is 5.10 Å². The predicted molar refractivity (Wildman–Crippen MR) is 91.1 cm³/mol. The smallest absolute Gasteiger partial charge is 0.237 e. The first-order chi connectivity index (χ1) is 11.4. The van der Waals surface area contributed by atoms with E-state index >= 15 is 0 Å². The molecule has 1 aliphatic carbocycles. The maximum absolute atomic E-state index is 12.4. The van der Waals surface area contributed by atoms with Crippen molar-refractivity contribution in [1.82, 2.24) is 9.78 Å². The van der Waals surface area contributed by atoms with Crippen molar-refractivity contribution in [3.8, 4) is 5.69 Å². The Morgan fingerprint density at radius 3 is 2.46 bits per heavy atom. The first-order valence-corrected chi connectivity index (χ1v) is 10.2. The van der Waals surface area contributed by atoms with Crippen molar-refractivity contribution in [3.05, 3.63) is 42.1 Å². The van der Waals surface area contributed by atoms with E-state index in [1.165, 1.54) is 4.90 Å². The molecule has 1 atom stereocenters. The molecule has 1 saturated carbocycles. The van der Waals surface area contributed by atoms with Crippen molar-refractivity contribution in [3.63, 3.8) is 0 Å². The number of hydrogen-bond acceptors (Lipinski definition) is 4. The van der Waals surface area contributed by atoms with Crippen LogP contribution in [0.2, 0.25) is 0 Å². The number of para-hydroxylation sites is 1. The maximum atomic E-state index is 12.4. The average Bonchev–Trinajstić information content (AvgIpc) is 3.17. The van der Waals surface area contributed by atoms with Crippen LogP contribution >= 0.6 is 10.7 Å². The number of hydrogen-bond donors (Lipinski definition) is 0. The molecule has 8 heteroatoms. The number of rotatable bonds is 4. The van der Waals surface area contributed by atoms with Crippen molar-refractivity contribution < 1.29 is 13.2 Å². The second kappa shape index (κ2) is 5.60. The summed E-state index contributed by atoms with van der Waals surface area (Å²) in [6, 6.07) is 11.4. The van der Waals surface area contributed by atoms with Gasteiger partial charge in [0, 0.05) is 35.6 Å². The van der Waals surface area contributed by atoms with Crippen molar-refractivity contribution in [2.75, 3.05) is 11.4 Å². The molecule has 2 heterocycles. The van der Waals surface area contributed by atoms with Gasteiger partial charge in [-0.1, -0.05) is 18.2 Å². The lowest BCUT2D eigenvalue weighted by Crippen LogP contribution is -2.28. The van der Waals surface area contributed by atoms with Crippen LogP contribution in [0.4, 0.5) is 5.82 Å². The summed E-state index contributed by atoms with van der Waals surface area (Å²) >= 11 is 0. The molecule has 1 aromatic heterocycles. The summed E-state index contributed by atoms with van der Waals surface area (Å²) in [5.41, 5.74) is 1.78. The zero-order valence-electron chi connectivity index (χ0n) is 12.8. The van der Waals surface area contributed by atoms with Crippen molar-refractivity contribution in [2.24, 2.45) is 0 Å². The number of anilines is 1. The van der Waals surface area contributed by atoms with Crippen LogP contribution in [0.25, 0.3) is 5.69 Å². The molecule has 1 aliphatic heterocycles. The molecule has 1 amide bonds. The van der Waals surface area contributed by atoms with Gasteiger partial charge in [0.25, 0.3) is 0 Å². The zero-order chi connectivity index (χ0) is 16.9. The summed E-state index contributed by atoms with van der Waals surface area (Å²) in [6.07, 6.45) is 2.10.